The highest BCUT2D eigenvalue weighted by Gasteiger charge is 2.19. The summed E-state index contributed by atoms with van der Waals surface area (Å²) in [6.07, 6.45) is 5.88. The van der Waals surface area contributed by atoms with Gasteiger partial charge in [0.05, 0.1) is 0 Å². The van der Waals surface area contributed by atoms with Crippen molar-refractivity contribution in [2.24, 2.45) is 5.92 Å². The van der Waals surface area contributed by atoms with E-state index in [2.05, 4.69) is 0 Å². The Balaban J connectivity index is 2.22. The van der Waals surface area contributed by atoms with Crippen molar-refractivity contribution in [1.82, 2.24) is 4.90 Å². The minimum absolute atomic E-state index is 0.0950. The van der Waals surface area contributed by atoms with Gasteiger partial charge in [-0.25, -0.2) is 0 Å². The van der Waals surface area contributed by atoms with Crippen molar-refractivity contribution in [2.45, 2.75) is 45.4 Å². The van der Waals surface area contributed by atoms with E-state index in [1.54, 1.807) is 4.90 Å². The molecule has 1 aliphatic carbocycles. The summed E-state index contributed by atoms with van der Waals surface area (Å²) >= 11 is 0. The van der Waals surface area contributed by atoms with Gasteiger partial charge in [-0.2, -0.15) is 0 Å². The molecular formula is C12H21NO2. The number of rotatable bonds is 5. The van der Waals surface area contributed by atoms with Crippen LogP contribution in [0.4, 0.5) is 0 Å². The summed E-state index contributed by atoms with van der Waals surface area (Å²) in [5.41, 5.74) is 0. The number of nitrogens with zero attached hydrogens (tertiary/aromatic N) is 1. The van der Waals surface area contributed by atoms with Gasteiger partial charge in [0.25, 0.3) is 0 Å². The molecule has 1 aliphatic rings. The van der Waals surface area contributed by atoms with E-state index < -0.39 is 0 Å². The molecule has 3 nitrogen and oxygen atoms in total. The van der Waals surface area contributed by atoms with Crippen molar-refractivity contribution in [2.75, 3.05) is 13.6 Å². The summed E-state index contributed by atoms with van der Waals surface area (Å²) in [7, 11) is 1.85. The van der Waals surface area contributed by atoms with Gasteiger partial charge in [-0.1, -0.05) is 12.8 Å². The van der Waals surface area contributed by atoms with Crippen LogP contribution in [0.1, 0.15) is 45.4 Å². The smallest absolute Gasteiger partial charge is 0.222 e. The summed E-state index contributed by atoms with van der Waals surface area (Å²) in [5.74, 6) is 0.894. The lowest BCUT2D eigenvalue weighted by molar-refractivity contribution is -0.132. The highest BCUT2D eigenvalue weighted by Crippen LogP contribution is 2.25. The van der Waals surface area contributed by atoms with Crippen molar-refractivity contribution in [3.63, 3.8) is 0 Å². The van der Waals surface area contributed by atoms with Gasteiger partial charge in [-0.15, -0.1) is 0 Å². The van der Waals surface area contributed by atoms with Crippen molar-refractivity contribution >= 4 is 11.7 Å². The largest absolute Gasteiger partial charge is 0.345 e. The summed E-state index contributed by atoms with van der Waals surface area (Å²) < 4.78 is 0. The Morgan fingerprint density at radius 2 is 1.80 bits per heavy atom. The van der Waals surface area contributed by atoms with Gasteiger partial charge in [0, 0.05) is 26.4 Å². The summed E-state index contributed by atoms with van der Waals surface area (Å²) in [4.78, 5) is 24.1. The molecule has 1 amide bonds. The van der Waals surface area contributed by atoms with E-state index in [0.717, 1.165) is 6.54 Å². The molecule has 86 valence electrons. The highest BCUT2D eigenvalue weighted by atomic mass is 16.2. The minimum Gasteiger partial charge on any atom is -0.345 e. The third kappa shape index (κ3) is 4.45. The fourth-order valence-corrected chi connectivity index (χ4v) is 2.16. The number of hydrogen-bond donors (Lipinski definition) is 0. The van der Waals surface area contributed by atoms with Crippen LogP contribution in [-0.4, -0.2) is 30.2 Å². The second-order valence-corrected chi connectivity index (χ2v) is 4.63. The molecule has 0 radical (unpaired) electrons. The average molecular weight is 211 g/mol. The first kappa shape index (κ1) is 12.2. The summed E-state index contributed by atoms with van der Waals surface area (Å²) in [5, 5.41) is 0. The summed E-state index contributed by atoms with van der Waals surface area (Å²) in [6.45, 7) is 2.40. The van der Waals surface area contributed by atoms with Gasteiger partial charge in [-0.05, 0) is 25.7 Å². The molecule has 3 heteroatoms. The maximum Gasteiger partial charge on any atom is 0.222 e. The van der Waals surface area contributed by atoms with Gasteiger partial charge in [-0.3, -0.25) is 4.79 Å². The van der Waals surface area contributed by atoms with Crippen LogP contribution < -0.4 is 0 Å². The number of amides is 1. The van der Waals surface area contributed by atoms with Crippen molar-refractivity contribution in [1.29, 1.82) is 0 Å². The lowest BCUT2D eigenvalue weighted by Crippen LogP contribution is -2.31. The molecule has 0 aromatic rings. The summed E-state index contributed by atoms with van der Waals surface area (Å²) in [6, 6.07) is 0. The third-order valence-electron chi connectivity index (χ3n) is 3.12. The quantitative estimate of drug-likeness (QED) is 0.697. The molecule has 0 aromatic heterocycles. The maximum atomic E-state index is 11.6. The van der Waals surface area contributed by atoms with Crippen LogP contribution in [-0.2, 0) is 9.59 Å². The predicted molar refractivity (Wildman–Crippen MR) is 59.5 cm³/mol. The van der Waals surface area contributed by atoms with E-state index in [-0.39, 0.29) is 11.7 Å². The molecule has 0 unspecified atom stereocenters. The van der Waals surface area contributed by atoms with E-state index in [0.29, 0.717) is 18.8 Å². The topological polar surface area (TPSA) is 37.4 Å². The number of carbonyl (C=O) groups excluding carboxylic acids is 2. The van der Waals surface area contributed by atoms with E-state index >= 15 is 0 Å². The van der Waals surface area contributed by atoms with Crippen LogP contribution in [0.5, 0.6) is 0 Å². The number of carbonyl (C=O) groups is 2. The molecule has 0 bridgehead atoms. The fourth-order valence-electron chi connectivity index (χ4n) is 2.16. The lowest BCUT2D eigenvalue weighted by Gasteiger charge is -2.20. The molecular weight excluding hydrogens is 190 g/mol. The Morgan fingerprint density at radius 1 is 1.20 bits per heavy atom. The normalized spacial score (nSPS) is 16.7. The Hall–Kier alpha value is -0.860. The van der Waals surface area contributed by atoms with E-state index in [9.17, 15) is 9.59 Å². The molecule has 15 heavy (non-hydrogen) atoms. The monoisotopic (exact) mass is 211 g/mol. The molecule has 1 saturated carbocycles. The number of hydrogen-bond acceptors (Lipinski definition) is 2. The zero-order chi connectivity index (χ0) is 11.3. The Labute approximate surface area is 91.8 Å². The standard InChI is InChI=1S/C12H21NO2/c1-10(14)7-8-12(15)13(2)9-11-5-3-4-6-11/h11H,3-9H2,1-2H3. The van der Waals surface area contributed by atoms with E-state index in [4.69, 9.17) is 0 Å². The molecule has 0 N–H and O–H groups in total. The van der Waals surface area contributed by atoms with Crippen LogP contribution in [0, 0.1) is 5.92 Å². The molecule has 0 heterocycles. The third-order valence-corrected chi connectivity index (χ3v) is 3.12. The van der Waals surface area contributed by atoms with Gasteiger partial charge in [0.1, 0.15) is 5.78 Å². The molecule has 0 atom stereocenters. The average Bonchev–Trinajstić information content (AvgIpc) is 2.66. The van der Waals surface area contributed by atoms with Crippen molar-refractivity contribution < 1.29 is 9.59 Å². The van der Waals surface area contributed by atoms with Crippen molar-refractivity contribution in [3.8, 4) is 0 Å². The predicted octanol–water partition coefficient (Wildman–Crippen LogP) is 2.00. The minimum atomic E-state index is 0.0950. The zero-order valence-electron chi connectivity index (χ0n) is 9.79. The van der Waals surface area contributed by atoms with E-state index in [1.807, 2.05) is 7.05 Å². The number of ketones is 1. The first-order valence-corrected chi connectivity index (χ1v) is 5.83. The molecule has 1 rings (SSSR count). The van der Waals surface area contributed by atoms with Gasteiger partial charge in [0.2, 0.25) is 5.91 Å². The Kier molecular flexibility index (Phi) is 4.79. The van der Waals surface area contributed by atoms with Crippen LogP contribution in [0.25, 0.3) is 0 Å². The lowest BCUT2D eigenvalue weighted by atomic mass is 10.1. The van der Waals surface area contributed by atoms with Gasteiger partial charge in [0.15, 0.2) is 0 Å². The first-order valence-electron chi connectivity index (χ1n) is 5.83. The second kappa shape index (κ2) is 5.89. The SMILES string of the molecule is CC(=O)CCC(=O)N(C)CC1CCCC1. The molecule has 0 spiro atoms. The fraction of sp³-hybridized carbons (Fsp3) is 0.833. The Morgan fingerprint density at radius 3 is 2.33 bits per heavy atom. The number of Topliss-reactive ketones (excluding diaryl/α,β-unsaturated/α-hetero) is 1. The Bertz CT molecular complexity index is 232. The van der Waals surface area contributed by atoms with Crippen LogP contribution in [0.15, 0.2) is 0 Å². The molecule has 1 fully saturated rings. The maximum absolute atomic E-state index is 11.6. The second-order valence-electron chi connectivity index (χ2n) is 4.63. The molecule has 0 aliphatic heterocycles. The zero-order valence-corrected chi connectivity index (χ0v) is 9.79. The van der Waals surface area contributed by atoms with Crippen LogP contribution >= 0.6 is 0 Å². The van der Waals surface area contributed by atoms with Crippen molar-refractivity contribution in [3.05, 3.63) is 0 Å². The van der Waals surface area contributed by atoms with Crippen LogP contribution in [0.3, 0.4) is 0 Å². The first-order chi connectivity index (χ1) is 7.09. The van der Waals surface area contributed by atoms with E-state index in [1.165, 1.54) is 32.6 Å². The highest BCUT2D eigenvalue weighted by molar-refractivity contribution is 5.83. The molecule has 0 aromatic carbocycles. The molecule has 0 saturated heterocycles. The van der Waals surface area contributed by atoms with Gasteiger partial charge >= 0.3 is 0 Å². The van der Waals surface area contributed by atoms with Gasteiger partial charge < -0.3 is 9.69 Å². The van der Waals surface area contributed by atoms with Crippen LogP contribution in [0.2, 0.25) is 0 Å².